The van der Waals surface area contributed by atoms with E-state index in [1.807, 2.05) is 0 Å². The van der Waals surface area contributed by atoms with Crippen LogP contribution >= 0.6 is 15.9 Å². The Labute approximate surface area is 185 Å². The summed E-state index contributed by atoms with van der Waals surface area (Å²) in [7, 11) is 1.50. The molecule has 0 aliphatic rings. The van der Waals surface area contributed by atoms with E-state index in [2.05, 4.69) is 31.4 Å². The Hall–Kier alpha value is -3.53. The molecule has 31 heavy (non-hydrogen) atoms. The third-order valence-electron chi connectivity index (χ3n) is 3.90. The van der Waals surface area contributed by atoms with E-state index in [0.717, 1.165) is 6.08 Å². The highest BCUT2D eigenvalue weighted by molar-refractivity contribution is 9.10. The van der Waals surface area contributed by atoms with Gasteiger partial charge in [-0.05, 0) is 36.4 Å². The molecule has 0 unspecified atom stereocenters. The molecule has 1 amide bonds. The molecule has 0 aliphatic heterocycles. The van der Waals surface area contributed by atoms with E-state index in [1.165, 1.54) is 25.3 Å². The Morgan fingerprint density at radius 1 is 1.26 bits per heavy atom. The van der Waals surface area contributed by atoms with Crippen LogP contribution in [0.25, 0.3) is 6.08 Å². The molecule has 0 atom stereocenters. The van der Waals surface area contributed by atoms with Crippen LogP contribution in [0, 0.1) is 5.82 Å². The molecule has 0 saturated carbocycles. The normalized spacial score (nSPS) is 10.8. The number of para-hydroxylation sites is 2. The molecule has 0 spiro atoms. The first-order chi connectivity index (χ1) is 14.9. The number of aromatic nitrogens is 2. The number of benzene rings is 2. The van der Waals surface area contributed by atoms with E-state index < -0.39 is 11.8 Å². The minimum Gasteiger partial charge on any atom is -0.495 e. The molecule has 0 aliphatic carbocycles. The molecular formula is C21H17BrFN3O5. The maximum Gasteiger partial charge on any atom is 0.331 e. The van der Waals surface area contributed by atoms with Crippen LogP contribution < -0.4 is 10.1 Å². The zero-order valence-corrected chi connectivity index (χ0v) is 17.9. The zero-order valence-electron chi connectivity index (χ0n) is 16.3. The highest BCUT2D eigenvalue weighted by Crippen LogP contribution is 2.23. The van der Waals surface area contributed by atoms with Gasteiger partial charge in [0, 0.05) is 16.1 Å². The summed E-state index contributed by atoms with van der Waals surface area (Å²) >= 11 is 3.23. The summed E-state index contributed by atoms with van der Waals surface area (Å²) in [4.78, 5) is 28.0. The standard InChI is InChI=1S/C21H17BrFN3O5/c1-29-17-5-3-2-4-16(17)24-19(27)11-18-25-20(31-26-18)12-30-21(28)9-6-13-10-14(22)7-8-15(13)23/h2-10H,11-12H2,1H3,(H,24,27)/b9-6+. The zero-order chi connectivity index (χ0) is 22.2. The summed E-state index contributed by atoms with van der Waals surface area (Å²) in [5.41, 5.74) is 0.744. The number of carbonyl (C=O) groups is 2. The smallest absolute Gasteiger partial charge is 0.331 e. The number of anilines is 1. The van der Waals surface area contributed by atoms with E-state index >= 15 is 0 Å². The van der Waals surface area contributed by atoms with Crippen molar-refractivity contribution in [2.24, 2.45) is 0 Å². The molecule has 1 heterocycles. The molecule has 8 nitrogen and oxygen atoms in total. The van der Waals surface area contributed by atoms with Crippen LogP contribution in [0.1, 0.15) is 17.3 Å². The second kappa shape index (κ2) is 10.5. The summed E-state index contributed by atoms with van der Waals surface area (Å²) in [6.07, 6.45) is 2.24. The quantitative estimate of drug-likeness (QED) is 0.377. The first-order valence-electron chi connectivity index (χ1n) is 8.99. The number of carbonyl (C=O) groups excluding carboxylic acids is 2. The van der Waals surface area contributed by atoms with Crippen molar-refractivity contribution in [2.45, 2.75) is 13.0 Å². The van der Waals surface area contributed by atoms with Gasteiger partial charge in [0.15, 0.2) is 12.4 Å². The molecule has 160 valence electrons. The van der Waals surface area contributed by atoms with Gasteiger partial charge in [0.1, 0.15) is 11.6 Å². The van der Waals surface area contributed by atoms with Crippen LogP contribution in [0.4, 0.5) is 10.1 Å². The monoisotopic (exact) mass is 489 g/mol. The van der Waals surface area contributed by atoms with Crippen molar-refractivity contribution in [3.63, 3.8) is 0 Å². The SMILES string of the molecule is COc1ccccc1NC(=O)Cc1noc(COC(=O)/C=C/c2cc(Br)ccc2F)n1. The average molecular weight is 490 g/mol. The summed E-state index contributed by atoms with van der Waals surface area (Å²) in [6, 6.07) is 11.3. The lowest BCUT2D eigenvalue weighted by atomic mass is 10.2. The van der Waals surface area contributed by atoms with Crippen molar-refractivity contribution >= 4 is 39.6 Å². The van der Waals surface area contributed by atoms with Gasteiger partial charge in [0.05, 0.1) is 19.2 Å². The summed E-state index contributed by atoms with van der Waals surface area (Å²) in [5, 5.41) is 6.39. The Morgan fingerprint density at radius 3 is 2.87 bits per heavy atom. The van der Waals surface area contributed by atoms with Gasteiger partial charge in [0.25, 0.3) is 5.89 Å². The fraction of sp³-hybridized carbons (Fsp3) is 0.143. The highest BCUT2D eigenvalue weighted by atomic mass is 79.9. The van der Waals surface area contributed by atoms with Crippen LogP contribution in [-0.2, 0) is 27.4 Å². The third kappa shape index (κ3) is 6.48. The number of hydrogen-bond donors (Lipinski definition) is 1. The minimum absolute atomic E-state index is 0.0236. The lowest BCUT2D eigenvalue weighted by molar-refractivity contribution is -0.139. The van der Waals surface area contributed by atoms with E-state index in [1.54, 1.807) is 30.3 Å². The summed E-state index contributed by atoms with van der Waals surface area (Å²) in [6.45, 7) is -0.286. The molecular weight excluding hydrogens is 473 g/mol. The van der Waals surface area contributed by atoms with Gasteiger partial charge >= 0.3 is 5.97 Å². The lowest BCUT2D eigenvalue weighted by Gasteiger charge is -2.08. The van der Waals surface area contributed by atoms with E-state index in [4.69, 9.17) is 14.0 Å². The van der Waals surface area contributed by atoms with Gasteiger partial charge < -0.3 is 19.3 Å². The first-order valence-corrected chi connectivity index (χ1v) is 9.78. The van der Waals surface area contributed by atoms with Crippen LogP contribution in [0.5, 0.6) is 5.75 Å². The number of hydrogen-bond acceptors (Lipinski definition) is 7. The van der Waals surface area contributed by atoms with Gasteiger partial charge in [-0.1, -0.05) is 33.2 Å². The fourth-order valence-corrected chi connectivity index (χ4v) is 2.87. The third-order valence-corrected chi connectivity index (χ3v) is 4.40. The maximum absolute atomic E-state index is 13.7. The number of esters is 1. The molecule has 0 radical (unpaired) electrons. The Morgan fingerprint density at radius 2 is 2.06 bits per heavy atom. The number of nitrogens with one attached hydrogen (secondary N) is 1. The number of methoxy groups -OCH3 is 1. The van der Waals surface area contributed by atoms with E-state index in [0.29, 0.717) is 15.9 Å². The molecule has 3 aromatic rings. The number of nitrogens with zero attached hydrogens (tertiary/aromatic N) is 2. The van der Waals surface area contributed by atoms with Gasteiger partial charge in [-0.25, -0.2) is 9.18 Å². The highest BCUT2D eigenvalue weighted by Gasteiger charge is 2.14. The summed E-state index contributed by atoms with van der Waals surface area (Å²) < 4.78 is 29.5. The second-order valence-electron chi connectivity index (χ2n) is 6.14. The van der Waals surface area contributed by atoms with Gasteiger partial charge in [0.2, 0.25) is 5.91 Å². The first kappa shape index (κ1) is 22.2. The molecule has 3 rings (SSSR count). The van der Waals surface area contributed by atoms with Gasteiger partial charge in [-0.3, -0.25) is 4.79 Å². The molecule has 10 heteroatoms. The van der Waals surface area contributed by atoms with Crippen molar-refractivity contribution in [3.8, 4) is 5.75 Å². The van der Waals surface area contributed by atoms with Crippen LogP contribution in [0.15, 0.2) is 57.5 Å². The van der Waals surface area contributed by atoms with Gasteiger partial charge in [-0.15, -0.1) is 0 Å². The van der Waals surface area contributed by atoms with Crippen molar-refractivity contribution in [2.75, 3.05) is 12.4 Å². The van der Waals surface area contributed by atoms with Crippen molar-refractivity contribution in [3.05, 3.63) is 76.1 Å². The number of halogens is 2. The van der Waals surface area contributed by atoms with Gasteiger partial charge in [-0.2, -0.15) is 4.98 Å². The van der Waals surface area contributed by atoms with E-state index in [-0.39, 0.29) is 36.2 Å². The minimum atomic E-state index is -0.715. The largest absolute Gasteiger partial charge is 0.495 e. The van der Waals surface area contributed by atoms with Crippen LogP contribution in [-0.4, -0.2) is 29.1 Å². The fourth-order valence-electron chi connectivity index (χ4n) is 2.49. The predicted octanol–water partition coefficient (Wildman–Crippen LogP) is 3.92. The maximum atomic E-state index is 13.7. The van der Waals surface area contributed by atoms with Crippen molar-refractivity contribution < 1.29 is 28.0 Å². The van der Waals surface area contributed by atoms with Crippen LogP contribution in [0.3, 0.4) is 0 Å². The van der Waals surface area contributed by atoms with Crippen molar-refractivity contribution in [1.29, 1.82) is 0 Å². The molecule has 2 aromatic carbocycles. The molecule has 0 fully saturated rings. The Kier molecular flexibility index (Phi) is 7.50. The molecule has 0 bridgehead atoms. The van der Waals surface area contributed by atoms with E-state index in [9.17, 15) is 14.0 Å². The van der Waals surface area contributed by atoms with Crippen molar-refractivity contribution in [1.82, 2.24) is 10.1 Å². The molecule has 0 saturated heterocycles. The number of rotatable bonds is 8. The topological polar surface area (TPSA) is 104 Å². The summed E-state index contributed by atoms with van der Waals surface area (Å²) in [5.74, 6) is -0.880. The average Bonchev–Trinajstić information content (AvgIpc) is 3.20. The Bertz CT molecular complexity index is 1120. The number of amides is 1. The molecule has 1 N–H and O–H groups in total. The predicted molar refractivity (Wildman–Crippen MR) is 113 cm³/mol. The lowest BCUT2D eigenvalue weighted by Crippen LogP contribution is -2.15. The second-order valence-corrected chi connectivity index (χ2v) is 7.05. The molecule has 1 aromatic heterocycles. The van der Waals surface area contributed by atoms with Crippen LogP contribution in [0.2, 0.25) is 0 Å². The Balaban J connectivity index is 1.50. The number of ether oxygens (including phenoxy) is 2.